The fraction of sp³-hybridized carbons (Fsp3) is 0.400. The zero-order chi connectivity index (χ0) is 17.7. The summed E-state index contributed by atoms with van der Waals surface area (Å²) in [7, 11) is -0.373. The van der Waals surface area contributed by atoms with E-state index in [9.17, 15) is 0 Å². The lowest BCUT2D eigenvalue weighted by atomic mass is 9.78. The second-order valence-corrected chi connectivity index (χ2v) is 7.62. The molecule has 2 aromatic rings. The van der Waals surface area contributed by atoms with Gasteiger partial charge in [-0.05, 0) is 50.9 Å². The predicted octanol–water partition coefficient (Wildman–Crippen LogP) is 3.50. The van der Waals surface area contributed by atoms with Crippen molar-refractivity contribution in [2.45, 2.75) is 45.0 Å². The summed E-state index contributed by atoms with van der Waals surface area (Å²) in [5.41, 5.74) is 1.36. The van der Waals surface area contributed by atoms with Crippen LogP contribution in [0.15, 0.2) is 48.5 Å². The molecule has 0 amide bonds. The first-order chi connectivity index (χ1) is 11.9. The fourth-order valence-electron chi connectivity index (χ4n) is 3.07. The van der Waals surface area contributed by atoms with Gasteiger partial charge in [0.2, 0.25) is 0 Å². The molecule has 2 aromatic carbocycles. The van der Waals surface area contributed by atoms with Gasteiger partial charge in [0.1, 0.15) is 6.61 Å². The van der Waals surface area contributed by atoms with Gasteiger partial charge in [0, 0.05) is 0 Å². The zero-order valence-electron chi connectivity index (χ0n) is 15.1. The Hall–Kier alpha value is -1.98. The Bertz CT molecular complexity index is 771. The molecule has 0 spiro atoms. The number of para-hydroxylation sites is 2. The smallest absolute Gasteiger partial charge is 0.485 e. The van der Waals surface area contributed by atoms with Crippen LogP contribution < -0.4 is 14.9 Å². The summed E-state index contributed by atoms with van der Waals surface area (Å²) >= 11 is 0. The Kier molecular flexibility index (Phi) is 3.82. The average Bonchev–Trinajstić information content (AvgIpc) is 2.82. The van der Waals surface area contributed by atoms with Crippen LogP contribution in [-0.2, 0) is 9.31 Å². The molecule has 1 atom stereocenters. The van der Waals surface area contributed by atoms with Gasteiger partial charge in [0.05, 0.1) is 11.2 Å². The number of benzene rings is 2. The number of rotatable bonds is 2. The van der Waals surface area contributed by atoms with Crippen molar-refractivity contribution in [1.82, 2.24) is 0 Å². The quantitative estimate of drug-likeness (QED) is 0.786. The summed E-state index contributed by atoms with van der Waals surface area (Å²) in [5.74, 6) is 1.57. The van der Waals surface area contributed by atoms with E-state index in [0.29, 0.717) is 6.61 Å². The van der Waals surface area contributed by atoms with E-state index in [1.54, 1.807) is 0 Å². The van der Waals surface area contributed by atoms with Crippen molar-refractivity contribution in [2.75, 3.05) is 6.61 Å². The van der Waals surface area contributed by atoms with E-state index in [2.05, 4.69) is 39.8 Å². The molecular weight excluding hydrogens is 315 g/mol. The monoisotopic (exact) mass is 338 g/mol. The molecule has 130 valence electrons. The van der Waals surface area contributed by atoms with Crippen LogP contribution in [0.2, 0.25) is 0 Å². The number of hydrogen-bond donors (Lipinski definition) is 0. The molecule has 5 heteroatoms. The molecule has 1 unspecified atom stereocenters. The van der Waals surface area contributed by atoms with Gasteiger partial charge < -0.3 is 18.8 Å². The van der Waals surface area contributed by atoms with Crippen LogP contribution in [0.25, 0.3) is 0 Å². The lowest BCUT2D eigenvalue weighted by Crippen LogP contribution is -2.41. The number of fused-ring (bicyclic) bond motifs is 1. The van der Waals surface area contributed by atoms with Gasteiger partial charge in [0.15, 0.2) is 17.6 Å². The summed E-state index contributed by atoms with van der Waals surface area (Å²) in [5, 5.41) is 0. The first-order valence-electron chi connectivity index (χ1n) is 8.70. The molecule has 0 radical (unpaired) electrons. The van der Waals surface area contributed by atoms with Crippen molar-refractivity contribution in [3.8, 4) is 11.5 Å². The average molecular weight is 338 g/mol. The van der Waals surface area contributed by atoms with Crippen molar-refractivity contribution >= 4 is 12.6 Å². The van der Waals surface area contributed by atoms with Crippen molar-refractivity contribution < 1.29 is 18.8 Å². The summed E-state index contributed by atoms with van der Waals surface area (Å²) in [6, 6.07) is 15.9. The minimum absolute atomic E-state index is 0.141. The predicted molar refractivity (Wildman–Crippen MR) is 97.5 cm³/mol. The summed E-state index contributed by atoms with van der Waals surface area (Å²) in [6.45, 7) is 8.74. The first kappa shape index (κ1) is 16.5. The highest BCUT2D eigenvalue weighted by molar-refractivity contribution is 6.62. The van der Waals surface area contributed by atoms with Gasteiger partial charge in [-0.1, -0.05) is 36.4 Å². The van der Waals surface area contributed by atoms with Gasteiger partial charge in [-0.2, -0.15) is 0 Å². The maximum atomic E-state index is 6.15. The minimum atomic E-state index is -0.373. The van der Waals surface area contributed by atoms with Crippen molar-refractivity contribution in [1.29, 1.82) is 0 Å². The third-order valence-electron chi connectivity index (χ3n) is 5.32. The van der Waals surface area contributed by atoms with Crippen LogP contribution in [0.1, 0.15) is 39.4 Å². The van der Waals surface area contributed by atoms with E-state index in [1.165, 1.54) is 0 Å². The molecule has 25 heavy (non-hydrogen) atoms. The van der Waals surface area contributed by atoms with E-state index < -0.39 is 0 Å². The van der Waals surface area contributed by atoms with Crippen LogP contribution >= 0.6 is 0 Å². The Labute approximate surface area is 149 Å². The highest BCUT2D eigenvalue weighted by atomic mass is 16.7. The van der Waals surface area contributed by atoms with Crippen LogP contribution in [-0.4, -0.2) is 24.9 Å². The lowest BCUT2D eigenvalue weighted by Gasteiger charge is -2.32. The zero-order valence-corrected chi connectivity index (χ0v) is 15.1. The molecule has 2 heterocycles. The van der Waals surface area contributed by atoms with Crippen molar-refractivity contribution in [3.05, 3.63) is 54.1 Å². The number of ether oxygens (including phenoxy) is 2. The Morgan fingerprint density at radius 3 is 2.28 bits per heavy atom. The second-order valence-electron chi connectivity index (χ2n) is 7.62. The van der Waals surface area contributed by atoms with Gasteiger partial charge in [-0.25, -0.2) is 0 Å². The Morgan fingerprint density at radius 1 is 0.880 bits per heavy atom. The van der Waals surface area contributed by atoms with Gasteiger partial charge in [-0.3, -0.25) is 0 Å². The first-order valence-corrected chi connectivity index (χ1v) is 8.70. The number of hydrogen-bond acceptors (Lipinski definition) is 4. The van der Waals surface area contributed by atoms with Gasteiger partial charge >= 0.3 is 7.12 Å². The molecule has 4 nitrogen and oxygen atoms in total. The maximum absolute atomic E-state index is 6.15. The van der Waals surface area contributed by atoms with Crippen LogP contribution in [0.4, 0.5) is 0 Å². The van der Waals surface area contributed by atoms with Crippen LogP contribution in [0.5, 0.6) is 11.5 Å². The summed E-state index contributed by atoms with van der Waals surface area (Å²) in [4.78, 5) is 0. The highest BCUT2D eigenvalue weighted by Crippen LogP contribution is 2.38. The summed E-state index contributed by atoms with van der Waals surface area (Å²) < 4.78 is 24.3. The largest absolute Gasteiger partial charge is 0.494 e. The molecule has 0 N–H and O–H groups in total. The van der Waals surface area contributed by atoms with Crippen molar-refractivity contribution in [3.63, 3.8) is 0 Å². The molecule has 1 fully saturated rings. The Balaban J connectivity index is 1.57. The third-order valence-corrected chi connectivity index (χ3v) is 5.32. The molecule has 2 aliphatic heterocycles. The van der Waals surface area contributed by atoms with Crippen molar-refractivity contribution in [2.24, 2.45) is 0 Å². The molecule has 4 rings (SSSR count). The fourth-order valence-corrected chi connectivity index (χ4v) is 3.07. The topological polar surface area (TPSA) is 36.9 Å². The van der Waals surface area contributed by atoms with E-state index in [-0.39, 0.29) is 24.4 Å². The lowest BCUT2D eigenvalue weighted by molar-refractivity contribution is 0.00578. The van der Waals surface area contributed by atoms with E-state index >= 15 is 0 Å². The highest BCUT2D eigenvalue weighted by Gasteiger charge is 2.51. The normalized spacial score (nSPS) is 23.5. The third kappa shape index (κ3) is 2.92. The maximum Gasteiger partial charge on any atom is 0.494 e. The molecule has 0 aliphatic carbocycles. The van der Waals surface area contributed by atoms with Crippen LogP contribution in [0, 0.1) is 0 Å². The second kappa shape index (κ2) is 5.78. The minimum Gasteiger partial charge on any atom is -0.485 e. The molecule has 0 saturated carbocycles. The van der Waals surface area contributed by atoms with Crippen LogP contribution in [0.3, 0.4) is 0 Å². The van der Waals surface area contributed by atoms with Gasteiger partial charge in [-0.15, -0.1) is 0 Å². The van der Waals surface area contributed by atoms with Gasteiger partial charge in [0.25, 0.3) is 0 Å². The molecule has 0 bridgehead atoms. The molecule has 1 saturated heterocycles. The van der Waals surface area contributed by atoms with E-state index in [1.807, 2.05) is 36.4 Å². The molecular formula is C20H23BO4. The molecule has 0 aromatic heterocycles. The standard InChI is InChI=1S/C20H23BO4/c1-19(2)20(3,4)25-21(24-19)15-9-7-8-14(12-15)18-13-22-16-10-5-6-11-17(16)23-18/h5-12,18H,13H2,1-4H3. The van der Waals surface area contributed by atoms with E-state index in [4.69, 9.17) is 18.8 Å². The van der Waals surface area contributed by atoms with E-state index in [0.717, 1.165) is 22.5 Å². The SMILES string of the molecule is CC1(C)OB(c2cccc(C3COc4ccccc4O3)c2)OC1(C)C. The molecule has 2 aliphatic rings. The summed E-state index contributed by atoms with van der Waals surface area (Å²) in [6.07, 6.45) is -0.141. The Morgan fingerprint density at radius 2 is 1.56 bits per heavy atom.